The molecule has 4 heterocycles. The van der Waals surface area contributed by atoms with Gasteiger partial charge in [0.15, 0.2) is 5.82 Å². The average molecular weight is 778 g/mol. The number of nitrogens with zero attached hydrogens (tertiary/aromatic N) is 9. The van der Waals surface area contributed by atoms with Crippen molar-refractivity contribution in [3.8, 4) is 23.5 Å². The highest BCUT2D eigenvalue weighted by molar-refractivity contribution is 9.10. The fourth-order valence-corrected chi connectivity index (χ4v) is 6.98. The lowest BCUT2D eigenvalue weighted by Gasteiger charge is -2.38. The van der Waals surface area contributed by atoms with Gasteiger partial charge in [-0.25, -0.2) is 28.1 Å². The van der Waals surface area contributed by atoms with E-state index in [1.165, 1.54) is 43.2 Å². The molecule has 3 atom stereocenters. The maximum absolute atomic E-state index is 13.5. The van der Waals surface area contributed by atoms with Crippen molar-refractivity contribution in [2.24, 2.45) is 17.8 Å². The zero-order chi connectivity index (χ0) is 34.7. The third-order valence-corrected chi connectivity index (χ3v) is 9.57. The summed E-state index contributed by atoms with van der Waals surface area (Å²) in [7, 11) is 0. The van der Waals surface area contributed by atoms with E-state index in [0.29, 0.717) is 59.1 Å². The Balaban J connectivity index is 0.000000207. The summed E-state index contributed by atoms with van der Waals surface area (Å²) in [6, 6.07) is 11.2. The minimum atomic E-state index is -0.489. The van der Waals surface area contributed by atoms with Crippen molar-refractivity contribution in [2.45, 2.75) is 53.1 Å². The number of rotatable bonds is 9. The molecule has 1 aliphatic heterocycles. The molecule has 0 radical (unpaired) electrons. The van der Waals surface area contributed by atoms with Crippen LogP contribution in [0.15, 0.2) is 53.5 Å². The maximum atomic E-state index is 13.5. The van der Waals surface area contributed by atoms with Crippen LogP contribution in [0.1, 0.15) is 38.2 Å². The Morgan fingerprint density at radius 2 is 1.39 bits per heavy atom. The molecule has 2 bridgehead atoms. The van der Waals surface area contributed by atoms with Crippen molar-refractivity contribution in [1.82, 2.24) is 39.5 Å². The van der Waals surface area contributed by atoms with Gasteiger partial charge >= 0.3 is 12.0 Å². The molecule has 258 valence electrons. The van der Waals surface area contributed by atoms with Gasteiger partial charge in [0.25, 0.3) is 0 Å². The predicted molar refractivity (Wildman–Crippen MR) is 184 cm³/mol. The van der Waals surface area contributed by atoms with Crippen molar-refractivity contribution in [3.63, 3.8) is 0 Å². The van der Waals surface area contributed by atoms with E-state index in [2.05, 4.69) is 57.0 Å². The molecule has 1 unspecified atom stereocenters. The van der Waals surface area contributed by atoms with Crippen LogP contribution in [-0.4, -0.2) is 52.6 Å². The summed E-state index contributed by atoms with van der Waals surface area (Å²) in [5.74, 6) is 3.45. The van der Waals surface area contributed by atoms with Gasteiger partial charge in [-0.2, -0.15) is 15.1 Å². The van der Waals surface area contributed by atoms with Gasteiger partial charge in [0, 0.05) is 56.5 Å². The Morgan fingerprint density at radius 3 is 1.94 bits per heavy atom. The van der Waals surface area contributed by atoms with Gasteiger partial charge in [0.1, 0.15) is 35.3 Å². The van der Waals surface area contributed by atoms with Gasteiger partial charge in [-0.3, -0.25) is 0 Å². The molecule has 5 aromatic rings. The van der Waals surface area contributed by atoms with Crippen molar-refractivity contribution >= 4 is 44.9 Å². The Morgan fingerprint density at radius 1 is 0.816 bits per heavy atom. The maximum Gasteiger partial charge on any atom is 0.321 e. The van der Waals surface area contributed by atoms with Gasteiger partial charge < -0.3 is 14.4 Å². The Hall–Kier alpha value is -3.88. The highest BCUT2D eigenvalue weighted by Crippen LogP contribution is 2.44. The summed E-state index contributed by atoms with van der Waals surface area (Å²) in [4.78, 5) is 19.8. The fourth-order valence-electron chi connectivity index (χ4n) is 6.29. The molecule has 2 aliphatic rings. The number of piperidine rings is 1. The zero-order valence-corrected chi connectivity index (χ0v) is 30.1. The summed E-state index contributed by atoms with van der Waals surface area (Å²) < 4.78 is 41.5. The van der Waals surface area contributed by atoms with Crippen molar-refractivity contribution in [2.75, 3.05) is 18.0 Å². The summed E-state index contributed by atoms with van der Waals surface area (Å²) >= 11 is 14.7. The van der Waals surface area contributed by atoms with E-state index in [0.717, 1.165) is 36.8 Å². The van der Waals surface area contributed by atoms with E-state index in [4.69, 9.17) is 32.7 Å². The molecule has 2 fully saturated rings. The SMILES string of the molecule is CCn1nc(Br)nc1Oc1ccc(F)c(Cl)c1.CCn1nc(CC2[C@@H]3CC[C@H]2CN(c2cc(C)ncn2)C3)nc1Oc1ccc(F)c(Cl)c1. The van der Waals surface area contributed by atoms with Gasteiger partial charge in [-0.05, 0) is 91.6 Å². The number of aryl methyl sites for hydroxylation is 3. The molecule has 1 saturated carbocycles. The Labute approximate surface area is 300 Å². The van der Waals surface area contributed by atoms with E-state index in [1.807, 2.05) is 20.8 Å². The van der Waals surface area contributed by atoms with Crippen LogP contribution in [0.3, 0.4) is 0 Å². The number of ether oxygens (including phenoxy) is 2. The number of hydrogen-bond acceptors (Lipinski definition) is 9. The number of fused-ring (bicyclic) bond motifs is 2. The molecule has 1 aliphatic carbocycles. The highest BCUT2D eigenvalue weighted by Gasteiger charge is 2.43. The Kier molecular flexibility index (Phi) is 10.9. The normalized spacial score (nSPS) is 18.3. The molecule has 11 nitrogen and oxygen atoms in total. The summed E-state index contributed by atoms with van der Waals surface area (Å²) in [5.41, 5.74) is 0.994. The lowest BCUT2D eigenvalue weighted by molar-refractivity contribution is 0.264. The van der Waals surface area contributed by atoms with Gasteiger partial charge in [-0.15, -0.1) is 5.10 Å². The minimum absolute atomic E-state index is 0.00382. The highest BCUT2D eigenvalue weighted by atomic mass is 79.9. The molecule has 7 rings (SSSR count). The van der Waals surface area contributed by atoms with E-state index in [9.17, 15) is 8.78 Å². The van der Waals surface area contributed by atoms with E-state index in [1.54, 1.807) is 21.8 Å². The largest absolute Gasteiger partial charge is 0.424 e. The van der Waals surface area contributed by atoms with E-state index < -0.39 is 11.6 Å². The molecule has 1 saturated heterocycles. The smallest absolute Gasteiger partial charge is 0.321 e. The topological polar surface area (TPSA) is 109 Å². The standard InChI is InChI=1S/C23H26ClFN6O.C10H8BrClFN3O/c1-3-31-23(32-17-6-7-20(25)19(24)9-17)28-21(29-31)10-18-15-4-5-16(18)12-30(11-15)22-8-14(2)26-13-27-22;1-2-16-10(14-9(11)15-16)17-6-3-4-8(13)7(12)5-6/h6-9,13,15-16,18H,3-5,10-12H2,1-2H3;3-5H,2H2,1H3/t15-,16+,18?;. The first-order valence-electron chi connectivity index (χ1n) is 15.9. The Bertz CT molecular complexity index is 1910. The van der Waals surface area contributed by atoms with E-state index >= 15 is 0 Å². The first-order valence-corrected chi connectivity index (χ1v) is 17.5. The molecule has 2 aromatic carbocycles. The molecular weight excluding hydrogens is 743 g/mol. The second-order valence-electron chi connectivity index (χ2n) is 11.8. The molecule has 0 spiro atoms. The minimum Gasteiger partial charge on any atom is -0.424 e. The second-order valence-corrected chi connectivity index (χ2v) is 13.4. The third kappa shape index (κ3) is 8.30. The number of aromatic nitrogens is 8. The average Bonchev–Trinajstić information content (AvgIpc) is 3.71. The van der Waals surface area contributed by atoms with Crippen LogP contribution in [0, 0.1) is 36.3 Å². The predicted octanol–water partition coefficient (Wildman–Crippen LogP) is 8.33. The second kappa shape index (κ2) is 15.3. The van der Waals surface area contributed by atoms with Crippen molar-refractivity contribution < 1.29 is 18.3 Å². The molecular formula is C33H34BrCl2F2N9O2. The van der Waals surface area contributed by atoms with Crippen LogP contribution in [-0.2, 0) is 19.5 Å². The van der Waals surface area contributed by atoms with Crippen LogP contribution in [0.25, 0.3) is 0 Å². The van der Waals surface area contributed by atoms with E-state index in [-0.39, 0.29) is 10.0 Å². The lowest BCUT2D eigenvalue weighted by atomic mass is 9.82. The number of hydrogen-bond donors (Lipinski definition) is 0. The van der Waals surface area contributed by atoms with Gasteiger partial charge in [0.2, 0.25) is 4.73 Å². The van der Waals surface area contributed by atoms with Crippen molar-refractivity contribution in [3.05, 3.63) is 86.7 Å². The number of anilines is 1. The third-order valence-electron chi connectivity index (χ3n) is 8.65. The van der Waals surface area contributed by atoms with Crippen molar-refractivity contribution in [1.29, 1.82) is 0 Å². The van der Waals surface area contributed by atoms with Crippen LogP contribution in [0.5, 0.6) is 23.5 Å². The summed E-state index contributed by atoms with van der Waals surface area (Å²) in [6.07, 6.45) is 4.93. The molecule has 0 amide bonds. The summed E-state index contributed by atoms with van der Waals surface area (Å²) in [6.45, 7) is 9.16. The zero-order valence-electron chi connectivity index (χ0n) is 27.0. The number of halogens is 5. The van der Waals surface area contributed by atoms with Gasteiger partial charge in [0.05, 0.1) is 10.0 Å². The van der Waals surface area contributed by atoms with Crippen LogP contribution in [0.4, 0.5) is 14.6 Å². The first kappa shape index (κ1) is 35.0. The molecule has 49 heavy (non-hydrogen) atoms. The first-order chi connectivity index (χ1) is 23.6. The fraction of sp³-hybridized carbons (Fsp3) is 0.394. The summed E-state index contributed by atoms with van der Waals surface area (Å²) in [5, 5.41) is 8.76. The quantitative estimate of drug-likeness (QED) is 0.146. The van der Waals surface area contributed by atoms with Crippen LogP contribution < -0.4 is 14.4 Å². The van der Waals surface area contributed by atoms with Gasteiger partial charge in [-0.1, -0.05) is 23.2 Å². The molecule has 0 N–H and O–H groups in total. The van der Waals surface area contributed by atoms with Crippen LogP contribution >= 0.6 is 39.1 Å². The number of benzene rings is 2. The van der Waals surface area contributed by atoms with Crippen LogP contribution in [0.2, 0.25) is 10.0 Å². The monoisotopic (exact) mass is 775 g/mol. The molecule has 16 heteroatoms. The lowest BCUT2D eigenvalue weighted by Crippen LogP contribution is -2.43. The molecule has 3 aromatic heterocycles.